The summed E-state index contributed by atoms with van der Waals surface area (Å²) in [5.74, 6) is 1.35. The minimum atomic E-state index is 0.525. The number of H-pyrrole nitrogens is 1. The number of aromatic amines is 1. The molecular formula is C11H18N4. The van der Waals surface area contributed by atoms with E-state index in [2.05, 4.69) is 15.2 Å². The molecule has 1 fully saturated rings. The van der Waals surface area contributed by atoms with Crippen molar-refractivity contribution in [3.8, 4) is 0 Å². The number of nitrogens with two attached hydrogens (primary N) is 1. The van der Waals surface area contributed by atoms with Crippen LogP contribution in [0, 0.1) is 12.8 Å². The van der Waals surface area contributed by atoms with E-state index >= 15 is 0 Å². The lowest BCUT2D eigenvalue weighted by atomic mass is 10.1. The monoisotopic (exact) mass is 206 g/mol. The molecule has 0 radical (unpaired) electrons. The van der Waals surface area contributed by atoms with Crippen LogP contribution in [0.15, 0.2) is 11.2 Å². The van der Waals surface area contributed by atoms with Crippen molar-refractivity contribution in [2.24, 2.45) is 16.6 Å². The molecule has 1 aromatic rings. The number of aromatic nitrogens is 2. The Kier molecular flexibility index (Phi) is 3.04. The van der Waals surface area contributed by atoms with Crippen LogP contribution in [0.3, 0.4) is 0 Å². The van der Waals surface area contributed by atoms with Gasteiger partial charge in [-0.15, -0.1) is 0 Å². The van der Waals surface area contributed by atoms with Crippen molar-refractivity contribution in [2.45, 2.75) is 39.2 Å². The molecule has 4 heteroatoms. The maximum absolute atomic E-state index is 5.97. The zero-order valence-electron chi connectivity index (χ0n) is 9.16. The highest BCUT2D eigenvalue weighted by Crippen LogP contribution is 2.24. The van der Waals surface area contributed by atoms with Gasteiger partial charge in [-0.2, -0.15) is 5.10 Å². The maximum atomic E-state index is 5.97. The summed E-state index contributed by atoms with van der Waals surface area (Å²) in [6.07, 6.45) is 6.83. The quantitative estimate of drug-likeness (QED) is 0.584. The Bertz CT molecular complexity index is 347. The highest BCUT2D eigenvalue weighted by atomic mass is 15.1. The van der Waals surface area contributed by atoms with Gasteiger partial charge in [-0.3, -0.25) is 10.1 Å². The lowest BCUT2D eigenvalue weighted by Gasteiger charge is -2.07. The average molecular weight is 206 g/mol. The molecule has 2 rings (SSSR count). The minimum absolute atomic E-state index is 0.525. The molecule has 0 unspecified atom stereocenters. The molecule has 1 heterocycles. The number of aryl methyl sites for hydroxylation is 1. The van der Waals surface area contributed by atoms with E-state index in [1.54, 1.807) is 0 Å². The van der Waals surface area contributed by atoms with Crippen LogP contribution in [0.4, 0.5) is 0 Å². The van der Waals surface area contributed by atoms with Crippen LogP contribution >= 0.6 is 0 Å². The lowest BCUT2D eigenvalue weighted by Crippen LogP contribution is -2.21. The number of hydrogen-bond acceptors (Lipinski definition) is 2. The summed E-state index contributed by atoms with van der Waals surface area (Å²) >= 11 is 0. The summed E-state index contributed by atoms with van der Waals surface area (Å²) in [4.78, 5) is 4.44. The zero-order valence-corrected chi connectivity index (χ0v) is 9.16. The molecule has 82 valence electrons. The van der Waals surface area contributed by atoms with Gasteiger partial charge >= 0.3 is 0 Å². The number of amidine groups is 1. The molecule has 0 aliphatic heterocycles. The molecule has 1 aromatic heterocycles. The molecule has 0 spiro atoms. The van der Waals surface area contributed by atoms with Gasteiger partial charge in [0.25, 0.3) is 0 Å². The Morgan fingerprint density at radius 3 is 2.93 bits per heavy atom. The van der Waals surface area contributed by atoms with Gasteiger partial charge in [-0.1, -0.05) is 12.8 Å². The SMILES string of the molecule is Cc1[nH]ncc1CN=C(N)C1CCCC1. The van der Waals surface area contributed by atoms with Crippen molar-refractivity contribution in [1.82, 2.24) is 10.2 Å². The van der Waals surface area contributed by atoms with Crippen LogP contribution in [0.1, 0.15) is 36.9 Å². The second kappa shape index (κ2) is 4.47. The zero-order chi connectivity index (χ0) is 10.7. The number of aliphatic imine (C=N–C) groups is 1. The van der Waals surface area contributed by atoms with Gasteiger partial charge in [0.15, 0.2) is 0 Å². The van der Waals surface area contributed by atoms with E-state index in [1.807, 2.05) is 13.1 Å². The highest BCUT2D eigenvalue weighted by molar-refractivity contribution is 5.83. The first-order valence-corrected chi connectivity index (χ1v) is 5.56. The fraction of sp³-hybridized carbons (Fsp3) is 0.636. The molecule has 1 aliphatic rings. The standard InChI is InChI=1S/C11H18N4/c1-8-10(7-14-15-8)6-13-11(12)9-4-2-3-5-9/h7,9H,2-6H2,1H3,(H2,12,13)(H,14,15). The van der Waals surface area contributed by atoms with Crippen LogP contribution in [0.2, 0.25) is 0 Å². The van der Waals surface area contributed by atoms with Crippen LogP contribution in [0.25, 0.3) is 0 Å². The summed E-state index contributed by atoms with van der Waals surface area (Å²) in [5, 5.41) is 6.86. The Morgan fingerprint density at radius 1 is 1.60 bits per heavy atom. The molecule has 0 bridgehead atoms. The maximum Gasteiger partial charge on any atom is 0.0972 e. The lowest BCUT2D eigenvalue weighted by molar-refractivity contribution is 0.715. The Labute approximate surface area is 90.0 Å². The highest BCUT2D eigenvalue weighted by Gasteiger charge is 2.18. The van der Waals surface area contributed by atoms with Gasteiger partial charge in [0.05, 0.1) is 18.6 Å². The third-order valence-electron chi connectivity index (χ3n) is 3.14. The van der Waals surface area contributed by atoms with E-state index < -0.39 is 0 Å². The normalized spacial score (nSPS) is 18.6. The number of nitrogens with zero attached hydrogens (tertiary/aromatic N) is 2. The third kappa shape index (κ3) is 2.37. The second-order valence-electron chi connectivity index (χ2n) is 4.24. The number of rotatable bonds is 3. The van der Waals surface area contributed by atoms with Crippen molar-refractivity contribution in [3.05, 3.63) is 17.5 Å². The van der Waals surface area contributed by atoms with Crippen molar-refractivity contribution >= 4 is 5.84 Å². The van der Waals surface area contributed by atoms with Crippen LogP contribution in [0.5, 0.6) is 0 Å². The summed E-state index contributed by atoms with van der Waals surface area (Å²) in [7, 11) is 0. The molecule has 4 nitrogen and oxygen atoms in total. The van der Waals surface area contributed by atoms with Crippen LogP contribution in [-0.2, 0) is 6.54 Å². The van der Waals surface area contributed by atoms with Crippen molar-refractivity contribution in [2.75, 3.05) is 0 Å². The molecule has 0 aromatic carbocycles. The van der Waals surface area contributed by atoms with E-state index in [9.17, 15) is 0 Å². The fourth-order valence-electron chi connectivity index (χ4n) is 2.06. The first-order chi connectivity index (χ1) is 7.27. The number of nitrogens with one attached hydrogen (secondary N) is 1. The van der Waals surface area contributed by atoms with Crippen LogP contribution in [-0.4, -0.2) is 16.0 Å². The van der Waals surface area contributed by atoms with Crippen molar-refractivity contribution in [3.63, 3.8) is 0 Å². The second-order valence-corrected chi connectivity index (χ2v) is 4.24. The predicted octanol–water partition coefficient (Wildman–Crippen LogP) is 1.77. The van der Waals surface area contributed by atoms with Gasteiger partial charge in [-0.05, 0) is 19.8 Å². The summed E-state index contributed by atoms with van der Waals surface area (Å²) in [5.41, 5.74) is 8.18. The molecule has 1 aliphatic carbocycles. The first kappa shape index (κ1) is 10.2. The van der Waals surface area contributed by atoms with E-state index in [1.165, 1.54) is 25.7 Å². The van der Waals surface area contributed by atoms with Gasteiger partial charge in [0.2, 0.25) is 0 Å². The summed E-state index contributed by atoms with van der Waals surface area (Å²) in [6.45, 7) is 2.66. The molecule has 1 saturated carbocycles. The number of hydrogen-bond donors (Lipinski definition) is 2. The summed E-state index contributed by atoms with van der Waals surface area (Å²) < 4.78 is 0. The summed E-state index contributed by atoms with van der Waals surface area (Å²) in [6, 6.07) is 0. The van der Waals surface area contributed by atoms with Crippen LogP contribution < -0.4 is 5.73 Å². The van der Waals surface area contributed by atoms with E-state index in [0.717, 1.165) is 17.1 Å². The third-order valence-corrected chi connectivity index (χ3v) is 3.14. The average Bonchev–Trinajstić information content (AvgIpc) is 2.85. The first-order valence-electron chi connectivity index (χ1n) is 5.56. The molecular weight excluding hydrogens is 188 g/mol. The molecule has 15 heavy (non-hydrogen) atoms. The minimum Gasteiger partial charge on any atom is -0.387 e. The molecule has 3 N–H and O–H groups in total. The molecule has 0 atom stereocenters. The van der Waals surface area contributed by atoms with E-state index in [0.29, 0.717) is 12.5 Å². The largest absolute Gasteiger partial charge is 0.387 e. The Morgan fingerprint density at radius 2 is 2.33 bits per heavy atom. The topological polar surface area (TPSA) is 67.1 Å². The molecule has 0 amide bonds. The van der Waals surface area contributed by atoms with Gasteiger partial charge < -0.3 is 5.73 Å². The van der Waals surface area contributed by atoms with E-state index in [-0.39, 0.29) is 0 Å². The Balaban J connectivity index is 1.95. The fourth-order valence-corrected chi connectivity index (χ4v) is 2.06. The molecule has 0 saturated heterocycles. The van der Waals surface area contributed by atoms with Gasteiger partial charge in [0.1, 0.15) is 0 Å². The van der Waals surface area contributed by atoms with Gasteiger partial charge in [0, 0.05) is 17.2 Å². The van der Waals surface area contributed by atoms with Crippen molar-refractivity contribution in [1.29, 1.82) is 0 Å². The van der Waals surface area contributed by atoms with E-state index in [4.69, 9.17) is 5.73 Å². The predicted molar refractivity (Wildman–Crippen MR) is 60.6 cm³/mol. The smallest absolute Gasteiger partial charge is 0.0972 e. The Hall–Kier alpha value is -1.32. The van der Waals surface area contributed by atoms with Gasteiger partial charge in [-0.25, -0.2) is 0 Å². The van der Waals surface area contributed by atoms with Crippen molar-refractivity contribution < 1.29 is 0 Å².